The smallest absolute Gasteiger partial charge is 0.304 e. The second-order valence-corrected chi connectivity index (χ2v) is 3.80. The van der Waals surface area contributed by atoms with Gasteiger partial charge in [-0.1, -0.05) is 19.1 Å². The van der Waals surface area contributed by atoms with Crippen molar-refractivity contribution in [2.75, 3.05) is 0 Å². The zero-order valence-electron chi connectivity index (χ0n) is 7.21. The first-order chi connectivity index (χ1) is 5.44. The van der Waals surface area contributed by atoms with E-state index in [-0.39, 0.29) is 6.42 Å². The van der Waals surface area contributed by atoms with E-state index in [1.165, 1.54) is 0 Å². The van der Waals surface area contributed by atoms with E-state index in [1.807, 2.05) is 6.92 Å². The van der Waals surface area contributed by atoms with Crippen LogP contribution in [0.5, 0.6) is 0 Å². The first-order valence-corrected chi connectivity index (χ1v) is 4.02. The van der Waals surface area contributed by atoms with Gasteiger partial charge in [-0.15, -0.1) is 0 Å². The first kappa shape index (κ1) is 9.26. The number of aliphatic hydroxyl groups excluding tert-OH is 1. The predicted octanol–water partition coefficient (Wildman–Crippen LogP) is 1.18. The molecule has 0 bridgehead atoms. The molecule has 0 amide bonds. The zero-order valence-corrected chi connectivity index (χ0v) is 7.21. The van der Waals surface area contributed by atoms with Gasteiger partial charge in [-0.3, -0.25) is 4.79 Å². The normalized spacial score (nSPS) is 35.5. The van der Waals surface area contributed by atoms with Crippen molar-refractivity contribution in [2.24, 2.45) is 5.41 Å². The Bertz CT molecular complexity index is 222. The van der Waals surface area contributed by atoms with E-state index in [2.05, 4.69) is 6.58 Å². The van der Waals surface area contributed by atoms with Crippen LogP contribution in [0.25, 0.3) is 0 Å². The Balaban J connectivity index is 2.71. The molecule has 2 N–H and O–H groups in total. The number of aliphatic carboxylic acids is 1. The minimum absolute atomic E-state index is 0.0723. The minimum Gasteiger partial charge on any atom is -0.481 e. The summed E-state index contributed by atoms with van der Waals surface area (Å²) >= 11 is 0. The van der Waals surface area contributed by atoms with Gasteiger partial charge in [-0.2, -0.15) is 0 Å². The molecule has 2 atom stereocenters. The SMILES string of the molecule is C=C1CC(O)CC1(C)CC(=O)O. The lowest BCUT2D eigenvalue weighted by Gasteiger charge is -2.22. The van der Waals surface area contributed by atoms with Crippen molar-refractivity contribution in [3.05, 3.63) is 12.2 Å². The third kappa shape index (κ3) is 1.67. The van der Waals surface area contributed by atoms with E-state index in [1.54, 1.807) is 0 Å². The molecule has 0 radical (unpaired) electrons. The van der Waals surface area contributed by atoms with Crippen molar-refractivity contribution in [1.82, 2.24) is 0 Å². The Morgan fingerprint density at radius 1 is 1.83 bits per heavy atom. The van der Waals surface area contributed by atoms with Crippen LogP contribution in [-0.4, -0.2) is 22.3 Å². The molecule has 1 fully saturated rings. The van der Waals surface area contributed by atoms with Gasteiger partial charge >= 0.3 is 5.97 Å². The van der Waals surface area contributed by atoms with Crippen LogP contribution in [0, 0.1) is 5.41 Å². The quantitative estimate of drug-likeness (QED) is 0.612. The van der Waals surface area contributed by atoms with Crippen LogP contribution >= 0.6 is 0 Å². The van der Waals surface area contributed by atoms with Gasteiger partial charge in [0.05, 0.1) is 12.5 Å². The Morgan fingerprint density at radius 2 is 2.42 bits per heavy atom. The summed E-state index contributed by atoms with van der Waals surface area (Å²) in [7, 11) is 0. The second kappa shape index (κ2) is 2.90. The fraction of sp³-hybridized carbons (Fsp3) is 0.667. The molecule has 0 aliphatic heterocycles. The highest BCUT2D eigenvalue weighted by Gasteiger charge is 2.39. The van der Waals surface area contributed by atoms with E-state index in [4.69, 9.17) is 5.11 Å². The number of aliphatic hydroxyl groups is 1. The summed E-state index contributed by atoms with van der Waals surface area (Å²) in [5, 5.41) is 17.9. The van der Waals surface area contributed by atoms with Gasteiger partial charge in [-0.25, -0.2) is 0 Å². The molecule has 12 heavy (non-hydrogen) atoms. The monoisotopic (exact) mass is 170 g/mol. The molecule has 1 aliphatic carbocycles. The Hall–Kier alpha value is -0.830. The Kier molecular flexibility index (Phi) is 2.24. The zero-order chi connectivity index (χ0) is 9.35. The second-order valence-electron chi connectivity index (χ2n) is 3.80. The average Bonchev–Trinajstić information content (AvgIpc) is 2.04. The summed E-state index contributed by atoms with van der Waals surface area (Å²) < 4.78 is 0. The lowest BCUT2D eigenvalue weighted by molar-refractivity contribution is -0.139. The van der Waals surface area contributed by atoms with Gasteiger partial charge in [0.15, 0.2) is 0 Å². The molecule has 0 aromatic heterocycles. The maximum atomic E-state index is 10.5. The van der Waals surface area contributed by atoms with Crippen LogP contribution in [0.4, 0.5) is 0 Å². The topological polar surface area (TPSA) is 57.5 Å². The van der Waals surface area contributed by atoms with E-state index >= 15 is 0 Å². The number of carbonyl (C=O) groups is 1. The highest BCUT2D eigenvalue weighted by Crippen LogP contribution is 2.44. The average molecular weight is 170 g/mol. The highest BCUT2D eigenvalue weighted by molar-refractivity contribution is 5.68. The number of hydrogen-bond donors (Lipinski definition) is 2. The molecule has 1 aliphatic rings. The van der Waals surface area contributed by atoms with Crippen LogP contribution in [0.3, 0.4) is 0 Å². The molecule has 1 rings (SSSR count). The lowest BCUT2D eigenvalue weighted by Crippen LogP contribution is -2.19. The third-order valence-corrected chi connectivity index (χ3v) is 2.56. The summed E-state index contributed by atoms with van der Waals surface area (Å²) in [6.07, 6.45) is 0.743. The van der Waals surface area contributed by atoms with Gasteiger partial charge in [0.1, 0.15) is 0 Å². The minimum atomic E-state index is -0.826. The van der Waals surface area contributed by atoms with Crippen molar-refractivity contribution < 1.29 is 15.0 Å². The number of carboxylic acids is 1. The van der Waals surface area contributed by atoms with Crippen LogP contribution in [0.2, 0.25) is 0 Å². The Morgan fingerprint density at radius 3 is 2.75 bits per heavy atom. The largest absolute Gasteiger partial charge is 0.481 e. The maximum Gasteiger partial charge on any atom is 0.304 e. The van der Waals surface area contributed by atoms with E-state index in [9.17, 15) is 9.90 Å². The van der Waals surface area contributed by atoms with Crippen molar-refractivity contribution in [2.45, 2.75) is 32.3 Å². The van der Waals surface area contributed by atoms with Crippen LogP contribution in [0.1, 0.15) is 26.2 Å². The number of rotatable bonds is 2. The summed E-state index contributed by atoms with van der Waals surface area (Å²) in [6, 6.07) is 0. The van der Waals surface area contributed by atoms with Crippen LogP contribution in [-0.2, 0) is 4.79 Å². The molecule has 0 aromatic carbocycles. The number of hydrogen-bond acceptors (Lipinski definition) is 2. The molecule has 0 spiro atoms. The molecule has 3 heteroatoms. The van der Waals surface area contributed by atoms with Crippen molar-refractivity contribution in [3.8, 4) is 0 Å². The van der Waals surface area contributed by atoms with Crippen LogP contribution in [0.15, 0.2) is 12.2 Å². The predicted molar refractivity (Wildman–Crippen MR) is 44.7 cm³/mol. The van der Waals surface area contributed by atoms with E-state index in [0.717, 1.165) is 5.57 Å². The maximum absolute atomic E-state index is 10.5. The van der Waals surface area contributed by atoms with E-state index < -0.39 is 17.5 Å². The molecule has 2 unspecified atom stereocenters. The van der Waals surface area contributed by atoms with Gasteiger partial charge < -0.3 is 10.2 Å². The molecule has 3 nitrogen and oxygen atoms in total. The van der Waals surface area contributed by atoms with Crippen molar-refractivity contribution >= 4 is 5.97 Å². The Labute approximate surface area is 71.7 Å². The highest BCUT2D eigenvalue weighted by atomic mass is 16.4. The molecule has 1 saturated carbocycles. The molecular weight excluding hydrogens is 156 g/mol. The van der Waals surface area contributed by atoms with Gasteiger partial charge in [-0.05, 0) is 12.8 Å². The fourth-order valence-corrected chi connectivity index (χ4v) is 1.80. The standard InChI is InChI=1S/C9H14O3/c1-6-3-7(10)4-9(6,2)5-8(11)12/h7,10H,1,3-5H2,2H3,(H,11,12). The summed E-state index contributed by atoms with van der Waals surface area (Å²) in [5.74, 6) is -0.826. The molecule has 0 heterocycles. The molecule has 68 valence electrons. The third-order valence-electron chi connectivity index (χ3n) is 2.56. The van der Waals surface area contributed by atoms with E-state index in [0.29, 0.717) is 12.8 Å². The van der Waals surface area contributed by atoms with Gasteiger partial charge in [0, 0.05) is 5.41 Å². The summed E-state index contributed by atoms with van der Waals surface area (Å²) in [6.45, 7) is 5.63. The van der Waals surface area contributed by atoms with Crippen LogP contribution < -0.4 is 0 Å². The first-order valence-electron chi connectivity index (χ1n) is 4.02. The van der Waals surface area contributed by atoms with Gasteiger partial charge in [0.2, 0.25) is 0 Å². The molecular formula is C9H14O3. The summed E-state index contributed by atoms with van der Waals surface area (Å²) in [4.78, 5) is 10.5. The lowest BCUT2D eigenvalue weighted by atomic mass is 9.82. The van der Waals surface area contributed by atoms with Crippen molar-refractivity contribution in [1.29, 1.82) is 0 Å². The molecule has 0 saturated heterocycles. The summed E-state index contributed by atoms with van der Waals surface area (Å²) in [5.41, 5.74) is 0.461. The molecule has 0 aromatic rings. The van der Waals surface area contributed by atoms with Crippen molar-refractivity contribution in [3.63, 3.8) is 0 Å². The van der Waals surface area contributed by atoms with Gasteiger partial charge in [0.25, 0.3) is 0 Å². The number of carboxylic acid groups (broad SMARTS) is 1. The fourth-order valence-electron chi connectivity index (χ4n) is 1.80.